The van der Waals surface area contributed by atoms with Crippen molar-refractivity contribution >= 4 is 5.91 Å². The molecule has 0 aromatic carbocycles. The number of piperidine rings is 1. The average Bonchev–Trinajstić information content (AvgIpc) is 2.89. The van der Waals surface area contributed by atoms with Crippen molar-refractivity contribution in [1.29, 1.82) is 0 Å². The van der Waals surface area contributed by atoms with E-state index in [1.807, 2.05) is 0 Å². The first-order valence-electron chi connectivity index (χ1n) is 8.16. The smallest absolute Gasteiger partial charge is 0.222 e. The van der Waals surface area contributed by atoms with Gasteiger partial charge in [0.15, 0.2) is 0 Å². The molecule has 2 rings (SSSR count). The molecule has 0 bridgehead atoms. The van der Waals surface area contributed by atoms with Crippen molar-refractivity contribution in [3.63, 3.8) is 0 Å². The van der Waals surface area contributed by atoms with E-state index in [0.29, 0.717) is 23.8 Å². The third-order valence-corrected chi connectivity index (χ3v) is 4.62. The highest BCUT2D eigenvalue weighted by molar-refractivity contribution is 5.76. The van der Waals surface area contributed by atoms with Crippen LogP contribution in [-0.4, -0.2) is 36.5 Å². The zero-order chi connectivity index (χ0) is 13.7. The molecule has 1 unspecified atom stereocenters. The van der Waals surface area contributed by atoms with Gasteiger partial charge in [0.05, 0.1) is 0 Å². The van der Waals surface area contributed by atoms with Crippen LogP contribution < -0.4 is 5.32 Å². The van der Waals surface area contributed by atoms with Crippen LogP contribution in [0.4, 0.5) is 0 Å². The van der Waals surface area contributed by atoms with Gasteiger partial charge in [-0.15, -0.1) is 0 Å². The third kappa shape index (κ3) is 4.79. The van der Waals surface area contributed by atoms with Gasteiger partial charge < -0.3 is 10.2 Å². The molecule has 19 heavy (non-hydrogen) atoms. The molecule has 0 spiro atoms. The monoisotopic (exact) mass is 266 g/mol. The summed E-state index contributed by atoms with van der Waals surface area (Å²) in [5.74, 6) is 1.76. The number of hydrogen-bond donors (Lipinski definition) is 1. The number of rotatable bonds is 5. The molecule has 1 N–H and O–H groups in total. The topological polar surface area (TPSA) is 32.3 Å². The Kier molecular flexibility index (Phi) is 5.68. The summed E-state index contributed by atoms with van der Waals surface area (Å²) in [5.41, 5.74) is 0. The number of nitrogens with zero attached hydrogens (tertiary/aromatic N) is 1. The number of likely N-dealkylation sites (tertiary alicyclic amines) is 1. The molecule has 1 aliphatic carbocycles. The Labute approximate surface area is 118 Å². The quantitative estimate of drug-likeness (QED) is 0.830. The Morgan fingerprint density at radius 3 is 2.53 bits per heavy atom. The molecule has 0 radical (unpaired) electrons. The van der Waals surface area contributed by atoms with Crippen LogP contribution in [0.2, 0.25) is 0 Å². The lowest BCUT2D eigenvalue weighted by Crippen LogP contribution is -2.44. The maximum Gasteiger partial charge on any atom is 0.222 e. The van der Waals surface area contributed by atoms with E-state index in [4.69, 9.17) is 0 Å². The highest BCUT2D eigenvalue weighted by Crippen LogP contribution is 2.28. The van der Waals surface area contributed by atoms with Gasteiger partial charge in [-0.3, -0.25) is 4.79 Å². The van der Waals surface area contributed by atoms with Crippen molar-refractivity contribution < 1.29 is 4.79 Å². The summed E-state index contributed by atoms with van der Waals surface area (Å²) in [6.45, 7) is 7.40. The molecule has 1 heterocycles. The first-order valence-corrected chi connectivity index (χ1v) is 8.16. The van der Waals surface area contributed by atoms with Gasteiger partial charge in [0, 0.05) is 25.6 Å². The average molecular weight is 266 g/mol. The van der Waals surface area contributed by atoms with Gasteiger partial charge >= 0.3 is 0 Å². The summed E-state index contributed by atoms with van der Waals surface area (Å²) in [6.07, 6.45) is 8.48. The second-order valence-corrected chi connectivity index (χ2v) is 6.77. The minimum atomic E-state index is 0.418. The van der Waals surface area contributed by atoms with Crippen molar-refractivity contribution in [2.24, 2.45) is 11.8 Å². The number of amides is 1. The maximum absolute atomic E-state index is 12.3. The van der Waals surface area contributed by atoms with Gasteiger partial charge in [-0.1, -0.05) is 26.7 Å². The molecule has 110 valence electrons. The molecule has 2 aliphatic rings. The van der Waals surface area contributed by atoms with Crippen molar-refractivity contribution in [2.45, 2.75) is 64.8 Å². The summed E-state index contributed by atoms with van der Waals surface area (Å²) in [4.78, 5) is 14.5. The van der Waals surface area contributed by atoms with E-state index in [-0.39, 0.29) is 0 Å². The van der Waals surface area contributed by atoms with Crippen LogP contribution in [0.5, 0.6) is 0 Å². The van der Waals surface area contributed by atoms with E-state index in [0.717, 1.165) is 26.1 Å². The molecular formula is C16H30N2O. The van der Waals surface area contributed by atoms with Crippen molar-refractivity contribution in [2.75, 3.05) is 19.6 Å². The SMILES string of the molecule is CC(C)NCC1CCCN(C(=O)CC2CCCC2)C1. The van der Waals surface area contributed by atoms with Crippen molar-refractivity contribution in [3.05, 3.63) is 0 Å². The van der Waals surface area contributed by atoms with E-state index in [9.17, 15) is 4.79 Å². The lowest BCUT2D eigenvalue weighted by Gasteiger charge is -2.34. The van der Waals surface area contributed by atoms with E-state index in [1.165, 1.54) is 38.5 Å². The molecule has 1 saturated carbocycles. The molecule has 3 heteroatoms. The fourth-order valence-electron chi connectivity index (χ4n) is 3.45. The van der Waals surface area contributed by atoms with E-state index >= 15 is 0 Å². The predicted molar refractivity (Wildman–Crippen MR) is 79.0 cm³/mol. The predicted octanol–water partition coefficient (Wildman–Crippen LogP) is 2.80. The van der Waals surface area contributed by atoms with Gasteiger partial charge in [-0.25, -0.2) is 0 Å². The van der Waals surface area contributed by atoms with Gasteiger partial charge in [0.1, 0.15) is 0 Å². The summed E-state index contributed by atoms with van der Waals surface area (Å²) >= 11 is 0. The van der Waals surface area contributed by atoms with Crippen LogP contribution >= 0.6 is 0 Å². The molecule has 0 aromatic rings. The highest BCUT2D eigenvalue weighted by atomic mass is 16.2. The Bertz CT molecular complexity index is 284. The number of carbonyl (C=O) groups is 1. The first kappa shape index (κ1) is 14.8. The Balaban J connectivity index is 1.74. The molecule has 3 nitrogen and oxygen atoms in total. The Hall–Kier alpha value is -0.570. The number of nitrogens with one attached hydrogen (secondary N) is 1. The lowest BCUT2D eigenvalue weighted by molar-refractivity contribution is -0.134. The van der Waals surface area contributed by atoms with Gasteiger partial charge in [-0.2, -0.15) is 0 Å². The lowest BCUT2D eigenvalue weighted by atomic mass is 9.96. The van der Waals surface area contributed by atoms with Crippen LogP contribution in [0.15, 0.2) is 0 Å². The Morgan fingerprint density at radius 2 is 1.84 bits per heavy atom. The largest absolute Gasteiger partial charge is 0.342 e. The minimum Gasteiger partial charge on any atom is -0.342 e. The van der Waals surface area contributed by atoms with Crippen LogP contribution in [0.1, 0.15) is 58.8 Å². The summed E-state index contributed by atoms with van der Waals surface area (Å²) in [7, 11) is 0. The number of hydrogen-bond acceptors (Lipinski definition) is 2. The molecular weight excluding hydrogens is 236 g/mol. The molecule has 2 fully saturated rings. The van der Waals surface area contributed by atoms with Gasteiger partial charge in [0.25, 0.3) is 0 Å². The van der Waals surface area contributed by atoms with Crippen LogP contribution in [0.3, 0.4) is 0 Å². The summed E-state index contributed by atoms with van der Waals surface area (Å²) in [6, 6.07) is 0.546. The molecule has 1 amide bonds. The molecule has 1 aliphatic heterocycles. The highest BCUT2D eigenvalue weighted by Gasteiger charge is 2.26. The zero-order valence-corrected chi connectivity index (χ0v) is 12.7. The maximum atomic E-state index is 12.3. The normalized spacial score (nSPS) is 25.2. The number of carbonyl (C=O) groups excluding carboxylic acids is 1. The van der Waals surface area contributed by atoms with E-state index in [2.05, 4.69) is 24.1 Å². The second kappa shape index (κ2) is 7.28. The van der Waals surface area contributed by atoms with Gasteiger partial charge in [0.2, 0.25) is 5.91 Å². The molecule has 0 aromatic heterocycles. The fourth-order valence-corrected chi connectivity index (χ4v) is 3.45. The standard InChI is InChI=1S/C16H30N2O/c1-13(2)17-11-15-8-5-9-18(12-15)16(19)10-14-6-3-4-7-14/h13-15,17H,3-12H2,1-2H3. The molecule has 1 atom stereocenters. The van der Waals surface area contributed by atoms with Gasteiger partial charge in [-0.05, 0) is 44.1 Å². The van der Waals surface area contributed by atoms with Crippen LogP contribution in [-0.2, 0) is 4.79 Å². The second-order valence-electron chi connectivity index (χ2n) is 6.77. The fraction of sp³-hybridized carbons (Fsp3) is 0.938. The minimum absolute atomic E-state index is 0.418. The van der Waals surface area contributed by atoms with E-state index in [1.54, 1.807) is 0 Å². The molecule has 1 saturated heterocycles. The first-order chi connectivity index (χ1) is 9.15. The van der Waals surface area contributed by atoms with E-state index < -0.39 is 0 Å². The summed E-state index contributed by atoms with van der Waals surface area (Å²) < 4.78 is 0. The van der Waals surface area contributed by atoms with Crippen molar-refractivity contribution in [3.8, 4) is 0 Å². The summed E-state index contributed by atoms with van der Waals surface area (Å²) in [5, 5.41) is 3.51. The van der Waals surface area contributed by atoms with Crippen LogP contribution in [0, 0.1) is 11.8 Å². The third-order valence-electron chi connectivity index (χ3n) is 4.62. The Morgan fingerprint density at radius 1 is 1.16 bits per heavy atom. The zero-order valence-electron chi connectivity index (χ0n) is 12.7. The van der Waals surface area contributed by atoms with Crippen LogP contribution in [0.25, 0.3) is 0 Å². The van der Waals surface area contributed by atoms with Crippen molar-refractivity contribution in [1.82, 2.24) is 10.2 Å².